The number of amides is 1. The molecule has 0 radical (unpaired) electrons. The summed E-state index contributed by atoms with van der Waals surface area (Å²) in [7, 11) is 1.45. The molecular formula is C13H15NO5. The summed E-state index contributed by atoms with van der Waals surface area (Å²) in [4.78, 5) is 23.2. The van der Waals surface area contributed by atoms with Gasteiger partial charge >= 0.3 is 5.97 Å². The highest BCUT2D eigenvalue weighted by molar-refractivity contribution is 6.00. The topological polar surface area (TPSA) is 95.9 Å². The minimum atomic E-state index is -1.19. The highest BCUT2D eigenvalue weighted by Crippen LogP contribution is 2.33. The largest absolute Gasteiger partial charge is 0.507 e. The van der Waals surface area contributed by atoms with Crippen LogP contribution >= 0.6 is 0 Å². The molecule has 1 amide bonds. The second kappa shape index (κ2) is 4.79. The Bertz CT molecular complexity index is 522. The number of hydrogen-bond donors (Lipinski definition) is 3. The Labute approximate surface area is 110 Å². The highest BCUT2D eigenvalue weighted by atomic mass is 16.5. The molecule has 1 aromatic rings. The van der Waals surface area contributed by atoms with Crippen LogP contribution in [-0.2, 0) is 4.79 Å². The number of carbonyl (C=O) groups excluding carboxylic acids is 1. The molecule has 0 unspecified atom stereocenters. The molecule has 1 aliphatic carbocycles. The van der Waals surface area contributed by atoms with E-state index in [9.17, 15) is 14.7 Å². The number of carboxylic acids is 1. The van der Waals surface area contributed by atoms with Gasteiger partial charge in [-0.25, -0.2) is 4.79 Å². The van der Waals surface area contributed by atoms with Crippen LogP contribution in [0.25, 0.3) is 0 Å². The predicted octanol–water partition coefficient (Wildman–Crippen LogP) is 1.14. The standard InChI is InChI=1S/C13H15NO5/c1-19-8-3-4-9(10(15)7-8)11(16)14-13(12(17)18)5-2-6-13/h3-4,7,15H,2,5-6H2,1H3,(H,14,16)(H,17,18). The fourth-order valence-electron chi connectivity index (χ4n) is 2.04. The third-order valence-electron chi connectivity index (χ3n) is 3.42. The van der Waals surface area contributed by atoms with Crippen molar-refractivity contribution in [2.45, 2.75) is 24.8 Å². The molecule has 1 aromatic carbocycles. The third kappa shape index (κ3) is 2.33. The Morgan fingerprint density at radius 3 is 2.47 bits per heavy atom. The van der Waals surface area contributed by atoms with Gasteiger partial charge in [0.2, 0.25) is 0 Å². The lowest BCUT2D eigenvalue weighted by atomic mass is 9.76. The van der Waals surface area contributed by atoms with Gasteiger partial charge in [0.05, 0.1) is 12.7 Å². The minimum Gasteiger partial charge on any atom is -0.507 e. The molecule has 1 aliphatic rings. The number of phenolic OH excluding ortho intramolecular Hbond substituents is 1. The molecule has 0 bridgehead atoms. The number of aromatic hydroxyl groups is 1. The molecule has 1 fully saturated rings. The van der Waals surface area contributed by atoms with Crippen molar-refractivity contribution in [2.24, 2.45) is 0 Å². The van der Waals surface area contributed by atoms with Crippen LogP contribution in [0.4, 0.5) is 0 Å². The maximum atomic E-state index is 12.0. The number of carboxylic acid groups (broad SMARTS) is 1. The van der Waals surface area contributed by atoms with Crippen molar-refractivity contribution in [3.05, 3.63) is 23.8 Å². The second-order valence-corrected chi connectivity index (χ2v) is 4.58. The Kier molecular flexibility index (Phi) is 3.33. The molecule has 1 saturated carbocycles. The smallest absolute Gasteiger partial charge is 0.329 e. The molecule has 19 heavy (non-hydrogen) atoms. The Hall–Kier alpha value is -2.24. The zero-order valence-corrected chi connectivity index (χ0v) is 10.5. The number of rotatable bonds is 4. The van der Waals surface area contributed by atoms with E-state index in [2.05, 4.69) is 5.32 Å². The molecule has 102 valence electrons. The summed E-state index contributed by atoms with van der Waals surface area (Å²) in [5.74, 6) is -1.45. The molecule has 0 saturated heterocycles. The molecule has 6 nitrogen and oxygen atoms in total. The van der Waals surface area contributed by atoms with Gasteiger partial charge in [-0.1, -0.05) is 0 Å². The van der Waals surface area contributed by atoms with Gasteiger partial charge in [-0.05, 0) is 31.4 Å². The van der Waals surface area contributed by atoms with Crippen LogP contribution in [0.3, 0.4) is 0 Å². The minimum absolute atomic E-state index is 0.0355. The van der Waals surface area contributed by atoms with Crippen molar-refractivity contribution in [1.29, 1.82) is 0 Å². The average Bonchev–Trinajstić information content (AvgIpc) is 2.32. The van der Waals surface area contributed by atoms with Crippen LogP contribution in [0.2, 0.25) is 0 Å². The molecule has 0 aromatic heterocycles. The molecule has 0 aliphatic heterocycles. The van der Waals surface area contributed by atoms with E-state index in [1.54, 1.807) is 0 Å². The quantitative estimate of drug-likeness (QED) is 0.758. The van der Waals surface area contributed by atoms with E-state index in [0.29, 0.717) is 18.6 Å². The summed E-state index contributed by atoms with van der Waals surface area (Å²) >= 11 is 0. The van der Waals surface area contributed by atoms with Gasteiger partial charge in [-0.3, -0.25) is 4.79 Å². The summed E-state index contributed by atoms with van der Waals surface area (Å²) in [6, 6.07) is 4.24. The average molecular weight is 265 g/mol. The molecule has 6 heteroatoms. The van der Waals surface area contributed by atoms with Crippen LogP contribution in [0, 0.1) is 0 Å². The summed E-state index contributed by atoms with van der Waals surface area (Å²) in [6.45, 7) is 0. The van der Waals surface area contributed by atoms with E-state index in [4.69, 9.17) is 9.84 Å². The molecule has 0 heterocycles. The monoisotopic (exact) mass is 265 g/mol. The summed E-state index contributed by atoms with van der Waals surface area (Å²) in [5.41, 5.74) is -1.16. The number of nitrogens with one attached hydrogen (secondary N) is 1. The van der Waals surface area contributed by atoms with Gasteiger partial charge < -0.3 is 20.3 Å². The molecular weight excluding hydrogens is 250 g/mol. The van der Waals surface area contributed by atoms with Crippen molar-refractivity contribution in [2.75, 3.05) is 7.11 Å². The van der Waals surface area contributed by atoms with Crippen molar-refractivity contribution in [1.82, 2.24) is 5.32 Å². The number of hydrogen-bond acceptors (Lipinski definition) is 4. The van der Waals surface area contributed by atoms with Gasteiger partial charge in [0, 0.05) is 6.07 Å². The SMILES string of the molecule is COc1ccc(C(=O)NC2(C(=O)O)CCC2)c(O)c1. The number of phenols is 1. The van der Waals surface area contributed by atoms with Gasteiger partial charge in [0.15, 0.2) is 0 Å². The Morgan fingerprint density at radius 1 is 1.37 bits per heavy atom. The Morgan fingerprint density at radius 2 is 2.05 bits per heavy atom. The maximum Gasteiger partial charge on any atom is 0.329 e. The van der Waals surface area contributed by atoms with Gasteiger partial charge in [0.25, 0.3) is 5.91 Å². The Balaban J connectivity index is 2.18. The van der Waals surface area contributed by atoms with Crippen LogP contribution in [0.15, 0.2) is 18.2 Å². The summed E-state index contributed by atoms with van der Waals surface area (Å²) in [6.07, 6.45) is 1.58. The van der Waals surface area contributed by atoms with Crippen LogP contribution < -0.4 is 10.1 Å². The fourth-order valence-corrected chi connectivity index (χ4v) is 2.04. The van der Waals surface area contributed by atoms with E-state index in [1.807, 2.05) is 0 Å². The fraction of sp³-hybridized carbons (Fsp3) is 0.385. The number of benzene rings is 1. The molecule has 3 N–H and O–H groups in total. The molecule has 0 atom stereocenters. The van der Waals surface area contributed by atoms with E-state index in [0.717, 1.165) is 6.42 Å². The van der Waals surface area contributed by atoms with E-state index in [1.165, 1.54) is 25.3 Å². The van der Waals surface area contributed by atoms with Gasteiger partial charge in [-0.15, -0.1) is 0 Å². The molecule has 2 rings (SSSR count). The van der Waals surface area contributed by atoms with E-state index < -0.39 is 17.4 Å². The number of methoxy groups -OCH3 is 1. The number of carbonyl (C=O) groups is 2. The van der Waals surface area contributed by atoms with E-state index in [-0.39, 0.29) is 11.3 Å². The molecule has 0 spiro atoms. The number of aliphatic carboxylic acids is 1. The first-order valence-corrected chi connectivity index (χ1v) is 5.91. The van der Waals surface area contributed by atoms with Crippen LogP contribution in [0.1, 0.15) is 29.6 Å². The van der Waals surface area contributed by atoms with Crippen molar-refractivity contribution < 1.29 is 24.5 Å². The van der Waals surface area contributed by atoms with E-state index >= 15 is 0 Å². The van der Waals surface area contributed by atoms with Gasteiger partial charge in [-0.2, -0.15) is 0 Å². The zero-order chi connectivity index (χ0) is 14.0. The summed E-state index contributed by atoms with van der Waals surface area (Å²) < 4.78 is 4.92. The predicted molar refractivity (Wildman–Crippen MR) is 66.3 cm³/mol. The number of ether oxygens (including phenoxy) is 1. The van der Waals surface area contributed by atoms with Crippen LogP contribution in [0.5, 0.6) is 11.5 Å². The van der Waals surface area contributed by atoms with Crippen LogP contribution in [-0.4, -0.2) is 34.7 Å². The lowest BCUT2D eigenvalue weighted by Crippen LogP contribution is -2.59. The first kappa shape index (κ1) is 13.2. The normalized spacial score (nSPS) is 16.3. The van der Waals surface area contributed by atoms with Crippen molar-refractivity contribution in [3.8, 4) is 11.5 Å². The zero-order valence-electron chi connectivity index (χ0n) is 10.5. The highest BCUT2D eigenvalue weighted by Gasteiger charge is 2.45. The van der Waals surface area contributed by atoms with Gasteiger partial charge in [0.1, 0.15) is 17.0 Å². The maximum absolute atomic E-state index is 12.0. The lowest BCUT2D eigenvalue weighted by Gasteiger charge is -2.38. The third-order valence-corrected chi connectivity index (χ3v) is 3.42. The first-order valence-electron chi connectivity index (χ1n) is 5.91. The first-order chi connectivity index (χ1) is 8.98. The summed E-state index contributed by atoms with van der Waals surface area (Å²) in [5, 5.41) is 21.3. The lowest BCUT2D eigenvalue weighted by molar-refractivity contribution is -0.148. The van der Waals surface area contributed by atoms with Crippen molar-refractivity contribution in [3.63, 3.8) is 0 Å². The second-order valence-electron chi connectivity index (χ2n) is 4.58. The van der Waals surface area contributed by atoms with Crippen molar-refractivity contribution >= 4 is 11.9 Å².